The molecule has 98 valence electrons. The van der Waals surface area contributed by atoms with Crippen molar-refractivity contribution in [3.05, 3.63) is 41.4 Å². The number of hydrogen-bond acceptors (Lipinski definition) is 6. The Hall–Kier alpha value is -2.74. The van der Waals surface area contributed by atoms with E-state index in [1.165, 1.54) is 0 Å². The van der Waals surface area contributed by atoms with Crippen molar-refractivity contribution in [1.29, 1.82) is 0 Å². The lowest BCUT2D eigenvalue weighted by Gasteiger charge is -2.04. The molecule has 0 spiro atoms. The number of nitrogens with one attached hydrogen (secondary N) is 1. The Morgan fingerprint density at radius 3 is 2.95 bits per heavy atom. The molecular formula is C12H7N5O2S. The van der Waals surface area contributed by atoms with Gasteiger partial charge in [-0.3, -0.25) is 9.67 Å². The summed E-state index contributed by atoms with van der Waals surface area (Å²) < 4.78 is 12.3. The summed E-state index contributed by atoms with van der Waals surface area (Å²) in [5.74, 6) is 1.17. The number of hydrogen-bond donors (Lipinski definition) is 1. The Kier molecular flexibility index (Phi) is 2.30. The molecule has 4 rings (SSSR count). The van der Waals surface area contributed by atoms with Gasteiger partial charge in [0.1, 0.15) is 5.52 Å². The van der Waals surface area contributed by atoms with Crippen molar-refractivity contribution in [3.8, 4) is 17.3 Å². The van der Waals surface area contributed by atoms with Crippen LogP contribution in [0.15, 0.2) is 45.6 Å². The zero-order valence-corrected chi connectivity index (χ0v) is 10.8. The number of nitrogens with zero attached hydrogens (tertiary/aromatic N) is 4. The van der Waals surface area contributed by atoms with Crippen LogP contribution in [0.1, 0.15) is 0 Å². The lowest BCUT2D eigenvalue weighted by molar-refractivity contribution is 0.315. The molecule has 0 aliphatic rings. The van der Waals surface area contributed by atoms with Gasteiger partial charge >= 0.3 is 0 Å². The van der Waals surface area contributed by atoms with Gasteiger partial charge in [-0.1, -0.05) is 6.07 Å². The van der Waals surface area contributed by atoms with Crippen LogP contribution in [-0.4, -0.2) is 25.1 Å². The smallest absolute Gasteiger partial charge is 0.202 e. The average Bonchev–Trinajstić information content (AvgIpc) is 3.18. The Balaban J connectivity index is 2.06. The molecule has 0 radical (unpaired) electrons. The summed E-state index contributed by atoms with van der Waals surface area (Å²) in [6.07, 6.45) is 1.58. The van der Waals surface area contributed by atoms with Gasteiger partial charge in [-0.05, 0) is 46.8 Å². The predicted molar refractivity (Wildman–Crippen MR) is 71.8 cm³/mol. The first-order valence-electron chi connectivity index (χ1n) is 5.77. The van der Waals surface area contributed by atoms with Crippen LogP contribution < -0.4 is 0 Å². The molecule has 0 aliphatic carbocycles. The van der Waals surface area contributed by atoms with Crippen LogP contribution in [0.3, 0.4) is 0 Å². The maximum atomic E-state index is 5.38. The molecule has 3 aromatic heterocycles. The zero-order chi connectivity index (χ0) is 13.5. The summed E-state index contributed by atoms with van der Waals surface area (Å²) in [5.41, 5.74) is 1.99. The number of aromatic amines is 1. The van der Waals surface area contributed by atoms with Gasteiger partial charge in [-0.25, -0.2) is 4.63 Å². The fourth-order valence-corrected chi connectivity index (χ4v) is 2.29. The molecule has 0 aliphatic heterocycles. The van der Waals surface area contributed by atoms with Gasteiger partial charge in [0.2, 0.25) is 5.82 Å². The summed E-state index contributed by atoms with van der Waals surface area (Å²) in [6.45, 7) is 0. The standard InChI is InChI=1S/C12H7N5O2S/c20-12-14-13-11(9-5-2-6-18-9)17(12)8-4-1-3-7-10(8)16-19-15-7/h1-6H,(H,14,20). The quantitative estimate of drug-likeness (QED) is 0.570. The predicted octanol–water partition coefficient (Wildman–Crippen LogP) is 2.73. The number of fused-ring (bicyclic) bond motifs is 1. The lowest BCUT2D eigenvalue weighted by atomic mass is 10.2. The minimum absolute atomic E-state index is 0.437. The first kappa shape index (κ1) is 11.1. The molecule has 1 aromatic carbocycles. The largest absolute Gasteiger partial charge is 0.461 e. The monoisotopic (exact) mass is 285 g/mol. The minimum Gasteiger partial charge on any atom is -0.461 e. The van der Waals surface area contributed by atoms with Crippen LogP contribution >= 0.6 is 12.2 Å². The Morgan fingerprint density at radius 1 is 1.15 bits per heavy atom. The highest BCUT2D eigenvalue weighted by molar-refractivity contribution is 7.71. The third-order valence-electron chi connectivity index (χ3n) is 2.92. The Morgan fingerprint density at radius 2 is 2.10 bits per heavy atom. The number of aromatic nitrogens is 5. The molecule has 0 atom stereocenters. The molecule has 7 nitrogen and oxygen atoms in total. The molecule has 3 heterocycles. The molecule has 4 aromatic rings. The summed E-state index contributed by atoms with van der Waals surface area (Å²) in [6, 6.07) is 9.12. The maximum absolute atomic E-state index is 5.38. The minimum atomic E-state index is 0.437. The van der Waals surface area contributed by atoms with Crippen LogP contribution in [0.25, 0.3) is 28.3 Å². The van der Waals surface area contributed by atoms with E-state index in [1.807, 2.05) is 24.3 Å². The summed E-state index contributed by atoms with van der Waals surface area (Å²) in [5, 5.41) is 14.7. The fraction of sp³-hybridized carbons (Fsp3) is 0. The van der Waals surface area contributed by atoms with Crippen molar-refractivity contribution in [2.75, 3.05) is 0 Å². The number of benzene rings is 1. The van der Waals surface area contributed by atoms with Crippen molar-refractivity contribution >= 4 is 23.3 Å². The van der Waals surface area contributed by atoms with E-state index in [0.717, 1.165) is 5.69 Å². The van der Waals surface area contributed by atoms with Gasteiger partial charge in [0.05, 0.1) is 12.0 Å². The van der Waals surface area contributed by atoms with Crippen LogP contribution in [-0.2, 0) is 0 Å². The molecular weight excluding hydrogens is 278 g/mol. The fourth-order valence-electron chi connectivity index (χ4n) is 2.06. The molecule has 0 unspecified atom stereocenters. The van der Waals surface area contributed by atoms with Crippen molar-refractivity contribution < 1.29 is 9.05 Å². The van der Waals surface area contributed by atoms with E-state index in [4.69, 9.17) is 21.3 Å². The van der Waals surface area contributed by atoms with E-state index in [-0.39, 0.29) is 0 Å². The average molecular weight is 285 g/mol. The highest BCUT2D eigenvalue weighted by atomic mass is 32.1. The molecule has 1 N–H and O–H groups in total. The third kappa shape index (κ3) is 1.51. The second-order valence-electron chi connectivity index (χ2n) is 4.07. The summed E-state index contributed by atoms with van der Waals surface area (Å²) >= 11 is 5.29. The molecule has 0 fully saturated rings. The first-order chi connectivity index (χ1) is 9.84. The van der Waals surface area contributed by atoms with Crippen LogP contribution in [0.2, 0.25) is 0 Å². The molecule has 0 saturated carbocycles. The molecule has 20 heavy (non-hydrogen) atoms. The first-order valence-corrected chi connectivity index (χ1v) is 6.18. The van der Waals surface area contributed by atoms with Crippen molar-refractivity contribution in [1.82, 2.24) is 25.1 Å². The van der Waals surface area contributed by atoms with Crippen LogP contribution in [0.5, 0.6) is 0 Å². The lowest BCUT2D eigenvalue weighted by Crippen LogP contribution is -1.98. The highest BCUT2D eigenvalue weighted by Crippen LogP contribution is 2.25. The van der Waals surface area contributed by atoms with Crippen molar-refractivity contribution in [2.24, 2.45) is 0 Å². The van der Waals surface area contributed by atoms with E-state index >= 15 is 0 Å². The summed E-state index contributed by atoms with van der Waals surface area (Å²) in [7, 11) is 0. The van der Waals surface area contributed by atoms with Crippen LogP contribution in [0.4, 0.5) is 0 Å². The zero-order valence-electron chi connectivity index (χ0n) is 9.98. The van der Waals surface area contributed by atoms with E-state index in [2.05, 4.69) is 20.5 Å². The molecule has 0 amide bonds. The van der Waals surface area contributed by atoms with Gasteiger partial charge in [-0.15, -0.1) is 0 Å². The van der Waals surface area contributed by atoms with Gasteiger partial charge in [-0.2, -0.15) is 5.10 Å². The number of rotatable bonds is 2. The van der Waals surface area contributed by atoms with Crippen molar-refractivity contribution in [2.45, 2.75) is 0 Å². The summed E-state index contributed by atoms with van der Waals surface area (Å²) in [4.78, 5) is 0. The van der Waals surface area contributed by atoms with E-state index < -0.39 is 0 Å². The third-order valence-corrected chi connectivity index (χ3v) is 3.19. The second kappa shape index (κ2) is 4.14. The van der Waals surface area contributed by atoms with E-state index in [9.17, 15) is 0 Å². The van der Waals surface area contributed by atoms with E-state index in [0.29, 0.717) is 27.4 Å². The van der Waals surface area contributed by atoms with Gasteiger partial charge < -0.3 is 4.42 Å². The highest BCUT2D eigenvalue weighted by Gasteiger charge is 2.16. The Bertz CT molecular complexity index is 934. The Labute approximate surface area is 116 Å². The molecule has 0 bridgehead atoms. The number of furan rings is 1. The second-order valence-corrected chi connectivity index (χ2v) is 4.46. The SMILES string of the molecule is S=c1[nH]nc(-c2ccco2)n1-c1cccc2nonc12. The normalized spacial score (nSPS) is 11.2. The van der Waals surface area contributed by atoms with Gasteiger partial charge in [0.15, 0.2) is 16.0 Å². The van der Waals surface area contributed by atoms with Gasteiger partial charge in [0, 0.05) is 0 Å². The van der Waals surface area contributed by atoms with E-state index in [1.54, 1.807) is 16.9 Å². The topological polar surface area (TPSA) is 85.7 Å². The molecule has 0 saturated heterocycles. The van der Waals surface area contributed by atoms with Gasteiger partial charge in [0.25, 0.3) is 0 Å². The number of H-pyrrole nitrogens is 1. The van der Waals surface area contributed by atoms with Crippen LogP contribution in [0, 0.1) is 4.77 Å². The molecule has 8 heteroatoms. The van der Waals surface area contributed by atoms with Crippen molar-refractivity contribution in [3.63, 3.8) is 0 Å². The maximum Gasteiger partial charge on any atom is 0.202 e.